The maximum atomic E-state index is 12.9. The lowest BCUT2D eigenvalue weighted by atomic mass is 10.0. The van der Waals surface area contributed by atoms with Gasteiger partial charge in [-0.3, -0.25) is 4.79 Å². The molecule has 0 spiro atoms. The monoisotopic (exact) mass is 400 g/mol. The zero-order valence-electron chi connectivity index (χ0n) is 16.8. The number of anilines is 1. The molecule has 0 atom stereocenters. The summed E-state index contributed by atoms with van der Waals surface area (Å²) in [5, 5.41) is 0. The third-order valence-electron chi connectivity index (χ3n) is 5.29. The largest absolute Gasteiger partial charge is 0.312 e. The number of nitrogens with zero attached hydrogens (tertiary/aromatic N) is 2. The van der Waals surface area contributed by atoms with Crippen LogP contribution in [0, 0.1) is 6.92 Å². The Kier molecular flexibility index (Phi) is 6.20. The molecular weight excluding hydrogens is 372 g/mol. The number of aryl methyl sites for hydroxylation is 2. The number of carbonyl (C=O) groups is 1. The summed E-state index contributed by atoms with van der Waals surface area (Å²) in [6, 6.07) is 13.2. The number of sulfonamides is 1. The normalized spacial score (nSPS) is 14.2. The average molecular weight is 401 g/mol. The summed E-state index contributed by atoms with van der Waals surface area (Å²) in [5.74, 6) is 0.0455. The lowest BCUT2D eigenvalue weighted by Gasteiger charge is -2.30. The van der Waals surface area contributed by atoms with Crippen molar-refractivity contribution < 1.29 is 13.2 Å². The van der Waals surface area contributed by atoms with Crippen LogP contribution in [-0.4, -0.2) is 38.3 Å². The predicted octanol–water partition coefficient (Wildman–Crippen LogP) is 3.55. The minimum Gasteiger partial charge on any atom is -0.312 e. The Balaban J connectivity index is 1.86. The molecule has 150 valence electrons. The second-order valence-corrected chi connectivity index (χ2v) is 9.13. The number of rotatable bonds is 6. The summed E-state index contributed by atoms with van der Waals surface area (Å²) in [5.41, 5.74) is 3.92. The molecule has 0 fully saturated rings. The van der Waals surface area contributed by atoms with Gasteiger partial charge in [-0.2, -0.15) is 4.31 Å². The van der Waals surface area contributed by atoms with E-state index in [0.29, 0.717) is 31.0 Å². The van der Waals surface area contributed by atoms with Gasteiger partial charge < -0.3 is 4.90 Å². The van der Waals surface area contributed by atoms with E-state index in [1.165, 1.54) is 9.87 Å². The van der Waals surface area contributed by atoms with Gasteiger partial charge in [0.05, 0.1) is 11.3 Å². The molecule has 6 heteroatoms. The van der Waals surface area contributed by atoms with Gasteiger partial charge in [-0.15, -0.1) is 0 Å². The van der Waals surface area contributed by atoms with Gasteiger partial charge in [-0.05, 0) is 49.1 Å². The van der Waals surface area contributed by atoms with Gasteiger partial charge in [0.25, 0.3) is 0 Å². The first-order valence-electron chi connectivity index (χ1n) is 9.85. The fourth-order valence-electron chi connectivity index (χ4n) is 3.68. The Morgan fingerprint density at radius 2 is 1.75 bits per heavy atom. The zero-order chi connectivity index (χ0) is 20.3. The van der Waals surface area contributed by atoms with Crippen molar-refractivity contribution in [1.82, 2.24) is 4.31 Å². The molecule has 0 aliphatic carbocycles. The van der Waals surface area contributed by atoms with E-state index < -0.39 is 10.0 Å². The Bertz CT molecular complexity index is 948. The first-order chi connectivity index (χ1) is 13.4. The second kappa shape index (κ2) is 8.45. The maximum absolute atomic E-state index is 12.9. The second-order valence-electron chi connectivity index (χ2n) is 7.19. The van der Waals surface area contributed by atoms with Crippen LogP contribution in [-0.2, 0) is 27.7 Å². The minimum atomic E-state index is -3.50. The number of hydrogen-bond donors (Lipinski definition) is 0. The van der Waals surface area contributed by atoms with Gasteiger partial charge in [-0.1, -0.05) is 43.7 Å². The van der Waals surface area contributed by atoms with Crippen molar-refractivity contribution in [3.8, 4) is 0 Å². The fraction of sp³-hybridized carbons (Fsp3) is 0.409. The third kappa shape index (κ3) is 4.13. The predicted molar refractivity (Wildman–Crippen MR) is 112 cm³/mol. The van der Waals surface area contributed by atoms with Gasteiger partial charge >= 0.3 is 0 Å². The Morgan fingerprint density at radius 1 is 1.07 bits per heavy atom. The molecule has 0 saturated carbocycles. The number of benzene rings is 2. The lowest BCUT2D eigenvalue weighted by Crippen LogP contribution is -2.37. The van der Waals surface area contributed by atoms with Crippen LogP contribution in [0.25, 0.3) is 0 Å². The lowest BCUT2D eigenvalue weighted by molar-refractivity contribution is -0.118. The molecule has 1 heterocycles. The fourth-order valence-corrected chi connectivity index (χ4v) is 5.19. The van der Waals surface area contributed by atoms with Gasteiger partial charge in [0, 0.05) is 25.3 Å². The van der Waals surface area contributed by atoms with Crippen LogP contribution in [0.3, 0.4) is 0 Å². The van der Waals surface area contributed by atoms with Crippen molar-refractivity contribution in [2.24, 2.45) is 0 Å². The molecule has 0 unspecified atom stereocenters. The standard InChI is InChI=1S/C22H28N2O3S/c1-4-23(5-2)28(26,27)20-12-13-21-19(16-20)7-6-14-24(21)22(25)15-18-10-8-17(3)9-11-18/h8-13,16H,4-7,14-15H2,1-3H3. The van der Waals surface area contributed by atoms with E-state index in [2.05, 4.69) is 0 Å². The summed E-state index contributed by atoms with van der Waals surface area (Å²) in [7, 11) is -3.50. The zero-order valence-corrected chi connectivity index (χ0v) is 17.6. The van der Waals surface area contributed by atoms with Crippen molar-refractivity contribution >= 4 is 21.6 Å². The molecule has 5 nitrogen and oxygen atoms in total. The maximum Gasteiger partial charge on any atom is 0.243 e. The molecular formula is C22H28N2O3S. The molecule has 2 aromatic rings. The van der Waals surface area contributed by atoms with Gasteiger partial charge in [-0.25, -0.2) is 8.42 Å². The quantitative estimate of drug-likeness (QED) is 0.745. The molecule has 0 radical (unpaired) electrons. The molecule has 3 rings (SSSR count). The Hall–Kier alpha value is -2.18. The minimum absolute atomic E-state index is 0.0455. The number of fused-ring (bicyclic) bond motifs is 1. The van der Waals surface area contributed by atoms with Crippen LogP contribution in [0.1, 0.15) is 37.0 Å². The van der Waals surface area contributed by atoms with Crippen LogP contribution in [0.15, 0.2) is 47.4 Å². The molecule has 1 amide bonds. The molecule has 28 heavy (non-hydrogen) atoms. The van der Waals surface area contributed by atoms with Crippen molar-refractivity contribution in [3.63, 3.8) is 0 Å². The van der Waals surface area contributed by atoms with Gasteiger partial charge in [0.15, 0.2) is 0 Å². The molecule has 1 aliphatic heterocycles. The highest BCUT2D eigenvalue weighted by molar-refractivity contribution is 7.89. The summed E-state index contributed by atoms with van der Waals surface area (Å²) < 4.78 is 27.1. The van der Waals surface area contributed by atoms with Crippen LogP contribution in [0.2, 0.25) is 0 Å². The first-order valence-corrected chi connectivity index (χ1v) is 11.3. The average Bonchev–Trinajstić information content (AvgIpc) is 2.69. The topological polar surface area (TPSA) is 57.7 Å². The number of hydrogen-bond acceptors (Lipinski definition) is 3. The first kappa shape index (κ1) is 20.6. The summed E-state index contributed by atoms with van der Waals surface area (Å²) in [4.78, 5) is 15.0. The van der Waals surface area contributed by atoms with E-state index in [1.54, 1.807) is 23.1 Å². The SMILES string of the molecule is CCN(CC)S(=O)(=O)c1ccc2c(c1)CCCN2C(=O)Cc1ccc(C)cc1. The smallest absolute Gasteiger partial charge is 0.243 e. The van der Waals surface area contributed by atoms with E-state index >= 15 is 0 Å². The van der Waals surface area contributed by atoms with Crippen molar-refractivity contribution in [1.29, 1.82) is 0 Å². The number of amides is 1. The highest BCUT2D eigenvalue weighted by atomic mass is 32.2. The Labute approximate surface area is 168 Å². The summed E-state index contributed by atoms with van der Waals surface area (Å²) in [6.45, 7) is 7.25. The van der Waals surface area contributed by atoms with Crippen molar-refractivity contribution in [2.45, 2.75) is 44.9 Å². The molecule has 0 saturated heterocycles. The molecule has 2 aromatic carbocycles. The molecule has 0 N–H and O–H groups in total. The van der Waals surface area contributed by atoms with Crippen LogP contribution < -0.4 is 4.90 Å². The van der Waals surface area contributed by atoms with Crippen molar-refractivity contribution in [2.75, 3.05) is 24.5 Å². The molecule has 0 bridgehead atoms. The summed E-state index contributed by atoms with van der Waals surface area (Å²) in [6.07, 6.45) is 1.96. The van der Waals surface area contributed by atoms with Crippen LogP contribution in [0.5, 0.6) is 0 Å². The third-order valence-corrected chi connectivity index (χ3v) is 7.34. The van der Waals surface area contributed by atoms with E-state index in [0.717, 1.165) is 29.7 Å². The molecule has 1 aliphatic rings. The Morgan fingerprint density at radius 3 is 2.39 bits per heavy atom. The van der Waals surface area contributed by atoms with Crippen molar-refractivity contribution in [3.05, 3.63) is 59.2 Å². The number of carbonyl (C=O) groups excluding carboxylic acids is 1. The van der Waals surface area contributed by atoms with E-state index in [4.69, 9.17) is 0 Å². The van der Waals surface area contributed by atoms with Gasteiger partial charge in [0.2, 0.25) is 15.9 Å². The van der Waals surface area contributed by atoms with E-state index in [9.17, 15) is 13.2 Å². The van der Waals surface area contributed by atoms with E-state index in [-0.39, 0.29) is 5.91 Å². The van der Waals surface area contributed by atoms with Gasteiger partial charge in [0.1, 0.15) is 0 Å². The summed E-state index contributed by atoms with van der Waals surface area (Å²) >= 11 is 0. The van der Waals surface area contributed by atoms with E-state index in [1.807, 2.05) is 45.0 Å². The van der Waals surface area contributed by atoms with Crippen LogP contribution >= 0.6 is 0 Å². The van der Waals surface area contributed by atoms with Crippen LogP contribution in [0.4, 0.5) is 5.69 Å². The molecule has 0 aromatic heterocycles. The highest BCUT2D eigenvalue weighted by Gasteiger charge is 2.27. The highest BCUT2D eigenvalue weighted by Crippen LogP contribution is 2.31.